The molecule has 0 atom stereocenters. The smallest absolute Gasteiger partial charge is 0.316 e. The summed E-state index contributed by atoms with van der Waals surface area (Å²) < 4.78 is 9.82. The number of carbonyl (C=O) groups excluding carboxylic acids is 2. The molecule has 1 N–H and O–H groups in total. The molecule has 0 saturated carbocycles. The monoisotopic (exact) mass is 267 g/mol. The van der Waals surface area contributed by atoms with E-state index in [9.17, 15) is 9.59 Å². The Bertz CT molecular complexity index is 451. The third-order valence-electron chi connectivity index (χ3n) is 1.82. The molecule has 1 aromatic rings. The maximum absolute atomic E-state index is 11.6. The highest BCUT2D eigenvalue weighted by Crippen LogP contribution is 2.10. The molecule has 104 valence electrons. The number of nitrogens with one attached hydrogen (secondary N) is 1. The Kier molecular flexibility index (Phi) is 4.80. The van der Waals surface area contributed by atoms with Crippen molar-refractivity contribution in [2.75, 3.05) is 12.4 Å². The maximum atomic E-state index is 11.6. The van der Waals surface area contributed by atoms with Gasteiger partial charge in [0.15, 0.2) is 0 Å². The predicted octanol–water partition coefficient (Wildman–Crippen LogP) is 1.16. The van der Waals surface area contributed by atoms with Crippen LogP contribution in [-0.2, 0) is 14.3 Å². The van der Waals surface area contributed by atoms with Crippen LogP contribution in [0.1, 0.15) is 27.2 Å². The van der Waals surface area contributed by atoms with E-state index in [0.717, 1.165) is 0 Å². The fourth-order valence-corrected chi connectivity index (χ4v) is 1.20. The second kappa shape index (κ2) is 6.12. The Morgan fingerprint density at radius 2 is 1.84 bits per heavy atom. The van der Waals surface area contributed by atoms with Gasteiger partial charge in [-0.2, -0.15) is 0 Å². The van der Waals surface area contributed by atoms with Crippen molar-refractivity contribution < 1.29 is 19.1 Å². The maximum Gasteiger partial charge on any atom is 0.316 e. The average Bonchev–Trinajstić information content (AvgIpc) is 2.27. The van der Waals surface area contributed by atoms with Crippen molar-refractivity contribution in [1.82, 2.24) is 9.97 Å². The van der Waals surface area contributed by atoms with Gasteiger partial charge < -0.3 is 14.8 Å². The van der Waals surface area contributed by atoms with Crippen molar-refractivity contribution in [2.45, 2.75) is 32.8 Å². The SMILES string of the molecule is COc1ncc(NC(=O)CC(=O)OC(C)(C)C)cn1. The Labute approximate surface area is 111 Å². The molecule has 7 heteroatoms. The van der Waals surface area contributed by atoms with E-state index in [-0.39, 0.29) is 12.4 Å². The van der Waals surface area contributed by atoms with E-state index in [4.69, 9.17) is 9.47 Å². The highest BCUT2D eigenvalue weighted by molar-refractivity contribution is 6.01. The molecule has 0 bridgehead atoms. The van der Waals surface area contributed by atoms with E-state index in [1.807, 2.05) is 0 Å². The van der Waals surface area contributed by atoms with Crippen LogP contribution in [0.15, 0.2) is 12.4 Å². The molecule has 0 radical (unpaired) electrons. The predicted molar refractivity (Wildman–Crippen MR) is 67.7 cm³/mol. The second-order valence-electron chi connectivity index (χ2n) is 4.77. The summed E-state index contributed by atoms with van der Waals surface area (Å²) in [6.07, 6.45) is 2.42. The number of rotatable bonds is 4. The molecule has 1 amide bonds. The number of anilines is 1. The highest BCUT2D eigenvalue weighted by atomic mass is 16.6. The van der Waals surface area contributed by atoms with Gasteiger partial charge in [-0.05, 0) is 20.8 Å². The summed E-state index contributed by atoms with van der Waals surface area (Å²) in [6.45, 7) is 5.21. The summed E-state index contributed by atoms with van der Waals surface area (Å²) in [5.74, 6) is -1.07. The Hall–Kier alpha value is -2.18. The topological polar surface area (TPSA) is 90.4 Å². The van der Waals surface area contributed by atoms with Crippen LogP contribution in [-0.4, -0.2) is 34.6 Å². The lowest BCUT2D eigenvalue weighted by Gasteiger charge is -2.19. The summed E-state index contributed by atoms with van der Waals surface area (Å²) in [6, 6.07) is 0.199. The third kappa shape index (κ3) is 5.80. The first kappa shape index (κ1) is 14.9. The highest BCUT2D eigenvalue weighted by Gasteiger charge is 2.19. The molecule has 0 aliphatic heterocycles. The Morgan fingerprint density at radius 1 is 1.26 bits per heavy atom. The van der Waals surface area contributed by atoms with Crippen molar-refractivity contribution in [3.8, 4) is 6.01 Å². The lowest BCUT2D eigenvalue weighted by Crippen LogP contribution is -2.27. The molecule has 7 nitrogen and oxygen atoms in total. The number of amides is 1. The lowest BCUT2D eigenvalue weighted by atomic mass is 10.2. The Balaban J connectivity index is 2.48. The van der Waals surface area contributed by atoms with Crippen LogP contribution in [0, 0.1) is 0 Å². The molecule has 0 unspecified atom stereocenters. The first-order valence-corrected chi connectivity index (χ1v) is 5.68. The van der Waals surface area contributed by atoms with Gasteiger partial charge in [0.2, 0.25) is 5.91 Å². The van der Waals surface area contributed by atoms with Crippen LogP contribution in [0.5, 0.6) is 6.01 Å². The summed E-state index contributed by atoms with van der Waals surface area (Å²) in [5.41, 5.74) is -0.227. The number of carbonyl (C=O) groups is 2. The van der Waals surface area contributed by atoms with Gasteiger partial charge in [0.25, 0.3) is 0 Å². The molecular weight excluding hydrogens is 250 g/mol. The second-order valence-corrected chi connectivity index (χ2v) is 4.77. The molecule has 1 rings (SSSR count). The minimum atomic E-state index is -0.611. The third-order valence-corrected chi connectivity index (χ3v) is 1.82. The first-order valence-electron chi connectivity index (χ1n) is 5.68. The molecule has 19 heavy (non-hydrogen) atoms. The number of esters is 1. The van der Waals surface area contributed by atoms with E-state index in [1.54, 1.807) is 20.8 Å². The number of hydrogen-bond acceptors (Lipinski definition) is 6. The Morgan fingerprint density at radius 3 is 2.32 bits per heavy atom. The number of ether oxygens (including phenoxy) is 2. The number of hydrogen-bond donors (Lipinski definition) is 1. The zero-order valence-electron chi connectivity index (χ0n) is 11.4. The number of aromatic nitrogens is 2. The molecule has 0 spiro atoms. The molecular formula is C12H17N3O4. The summed E-state index contributed by atoms with van der Waals surface area (Å²) in [5, 5.41) is 2.49. The van der Waals surface area contributed by atoms with Gasteiger partial charge in [0.05, 0.1) is 25.2 Å². The molecule has 0 saturated heterocycles. The van der Waals surface area contributed by atoms with Crippen molar-refractivity contribution in [3.05, 3.63) is 12.4 Å². The van der Waals surface area contributed by atoms with Gasteiger partial charge >= 0.3 is 12.0 Å². The molecule has 0 aromatic carbocycles. The zero-order chi connectivity index (χ0) is 14.5. The number of methoxy groups -OCH3 is 1. The average molecular weight is 267 g/mol. The van der Waals surface area contributed by atoms with Crippen LogP contribution >= 0.6 is 0 Å². The van der Waals surface area contributed by atoms with Crippen LogP contribution in [0.4, 0.5) is 5.69 Å². The van der Waals surface area contributed by atoms with E-state index < -0.39 is 17.5 Å². The summed E-state index contributed by atoms with van der Waals surface area (Å²) in [7, 11) is 1.44. The largest absolute Gasteiger partial charge is 0.467 e. The van der Waals surface area contributed by atoms with E-state index in [1.165, 1.54) is 19.5 Å². The van der Waals surface area contributed by atoms with Crippen LogP contribution in [0.25, 0.3) is 0 Å². The molecule has 1 heterocycles. The van der Waals surface area contributed by atoms with Gasteiger partial charge in [-0.1, -0.05) is 0 Å². The normalized spacial score (nSPS) is 10.7. The van der Waals surface area contributed by atoms with Crippen molar-refractivity contribution in [2.24, 2.45) is 0 Å². The summed E-state index contributed by atoms with van der Waals surface area (Å²) in [4.78, 5) is 30.6. The molecule has 0 aliphatic rings. The van der Waals surface area contributed by atoms with Crippen LogP contribution in [0.2, 0.25) is 0 Å². The van der Waals surface area contributed by atoms with Crippen LogP contribution < -0.4 is 10.1 Å². The van der Waals surface area contributed by atoms with Crippen LogP contribution in [0.3, 0.4) is 0 Å². The zero-order valence-corrected chi connectivity index (χ0v) is 11.4. The van der Waals surface area contributed by atoms with E-state index in [0.29, 0.717) is 5.69 Å². The quantitative estimate of drug-likeness (QED) is 0.650. The summed E-state index contributed by atoms with van der Waals surface area (Å²) >= 11 is 0. The van der Waals surface area contributed by atoms with Crippen molar-refractivity contribution in [1.29, 1.82) is 0 Å². The van der Waals surface area contributed by atoms with Crippen molar-refractivity contribution in [3.63, 3.8) is 0 Å². The lowest BCUT2D eigenvalue weighted by molar-refractivity contribution is -0.155. The fourth-order valence-electron chi connectivity index (χ4n) is 1.20. The molecule has 1 aromatic heterocycles. The van der Waals surface area contributed by atoms with Gasteiger partial charge in [-0.15, -0.1) is 0 Å². The van der Waals surface area contributed by atoms with Gasteiger partial charge in [0, 0.05) is 0 Å². The fraction of sp³-hybridized carbons (Fsp3) is 0.500. The van der Waals surface area contributed by atoms with E-state index in [2.05, 4.69) is 15.3 Å². The van der Waals surface area contributed by atoms with Crippen molar-refractivity contribution >= 4 is 17.6 Å². The number of nitrogens with zero attached hydrogens (tertiary/aromatic N) is 2. The van der Waals surface area contributed by atoms with E-state index >= 15 is 0 Å². The first-order chi connectivity index (χ1) is 8.80. The standard InChI is InChI=1S/C12H17N3O4/c1-12(2,3)19-10(17)5-9(16)15-8-6-13-11(18-4)14-7-8/h6-7H,5H2,1-4H3,(H,15,16). The molecule has 0 aliphatic carbocycles. The minimum Gasteiger partial charge on any atom is -0.467 e. The van der Waals surface area contributed by atoms with Gasteiger partial charge in [-0.3, -0.25) is 9.59 Å². The molecule has 0 fully saturated rings. The minimum absolute atomic E-state index is 0.199. The van der Waals surface area contributed by atoms with Gasteiger partial charge in [-0.25, -0.2) is 9.97 Å². The van der Waals surface area contributed by atoms with Gasteiger partial charge in [0.1, 0.15) is 12.0 Å².